The van der Waals surface area contributed by atoms with Crippen LogP contribution < -0.4 is 10.6 Å². The minimum Gasteiger partial charge on any atom is -0.368 e. The molecule has 1 atom stereocenters. The van der Waals surface area contributed by atoms with E-state index in [0.717, 1.165) is 11.6 Å². The fraction of sp³-hybridized carbons (Fsp3) is 0.267. The SMILES string of the molecule is CCNc1nc(NC(C)c2ccccc2Cl)c(F)cc1F. The molecule has 0 amide bonds. The fourth-order valence-corrected chi connectivity index (χ4v) is 2.27. The number of hydrogen-bond donors (Lipinski definition) is 2. The van der Waals surface area contributed by atoms with Crippen LogP contribution in [0.5, 0.6) is 0 Å². The molecule has 0 spiro atoms. The topological polar surface area (TPSA) is 37.0 Å². The number of rotatable bonds is 5. The van der Waals surface area contributed by atoms with E-state index in [1.165, 1.54) is 0 Å². The van der Waals surface area contributed by atoms with Crippen molar-refractivity contribution in [2.24, 2.45) is 0 Å². The molecule has 2 N–H and O–H groups in total. The summed E-state index contributed by atoms with van der Waals surface area (Å²) in [4.78, 5) is 3.94. The van der Waals surface area contributed by atoms with E-state index in [-0.39, 0.29) is 17.7 Å². The van der Waals surface area contributed by atoms with E-state index in [1.807, 2.05) is 32.0 Å². The molecule has 2 aromatic rings. The molecule has 0 bridgehead atoms. The van der Waals surface area contributed by atoms with Crippen molar-refractivity contribution in [1.82, 2.24) is 4.98 Å². The zero-order valence-electron chi connectivity index (χ0n) is 11.8. The van der Waals surface area contributed by atoms with Crippen LogP contribution in [0.15, 0.2) is 30.3 Å². The largest absolute Gasteiger partial charge is 0.368 e. The number of halogens is 3. The van der Waals surface area contributed by atoms with Crippen molar-refractivity contribution < 1.29 is 8.78 Å². The van der Waals surface area contributed by atoms with Gasteiger partial charge in [-0.1, -0.05) is 29.8 Å². The zero-order valence-corrected chi connectivity index (χ0v) is 12.5. The summed E-state index contributed by atoms with van der Waals surface area (Å²) in [6, 6.07) is 7.81. The number of nitrogens with one attached hydrogen (secondary N) is 2. The van der Waals surface area contributed by atoms with Gasteiger partial charge < -0.3 is 10.6 Å². The van der Waals surface area contributed by atoms with Crippen LogP contribution in [0.2, 0.25) is 5.02 Å². The summed E-state index contributed by atoms with van der Waals surface area (Å²) < 4.78 is 27.3. The Morgan fingerprint density at radius 1 is 1.19 bits per heavy atom. The minimum atomic E-state index is -0.743. The first-order valence-corrected chi connectivity index (χ1v) is 7.01. The van der Waals surface area contributed by atoms with Gasteiger partial charge in [0.15, 0.2) is 23.3 Å². The Hall–Kier alpha value is -1.88. The molecule has 0 aliphatic rings. The van der Waals surface area contributed by atoms with Gasteiger partial charge in [-0.25, -0.2) is 13.8 Å². The molecule has 0 radical (unpaired) electrons. The quantitative estimate of drug-likeness (QED) is 0.846. The van der Waals surface area contributed by atoms with Crippen molar-refractivity contribution in [2.75, 3.05) is 17.2 Å². The molecule has 0 aliphatic heterocycles. The summed E-state index contributed by atoms with van der Waals surface area (Å²) in [6.45, 7) is 4.14. The third-order valence-corrected chi connectivity index (χ3v) is 3.34. The maximum Gasteiger partial charge on any atom is 0.168 e. The highest BCUT2D eigenvalue weighted by Gasteiger charge is 2.15. The van der Waals surface area contributed by atoms with Gasteiger partial charge in [0.1, 0.15) is 0 Å². The molecule has 112 valence electrons. The standard InChI is InChI=1S/C15H16ClF2N3/c1-3-19-14-12(17)8-13(18)15(21-14)20-9(2)10-6-4-5-7-11(10)16/h4-9H,3H2,1-2H3,(H2,19,20,21). The number of anilines is 2. The van der Waals surface area contributed by atoms with Crippen molar-refractivity contribution in [3.05, 3.63) is 52.6 Å². The van der Waals surface area contributed by atoms with Crippen LogP contribution in [0, 0.1) is 11.6 Å². The van der Waals surface area contributed by atoms with Crippen LogP contribution in [-0.4, -0.2) is 11.5 Å². The van der Waals surface area contributed by atoms with Crippen molar-refractivity contribution >= 4 is 23.2 Å². The third kappa shape index (κ3) is 3.61. The highest BCUT2D eigenvalue weighted by atomic mass is 35.5. The van der Waals surface area contributed by atoms with Crippen molar-refractivity contribution in [1.29, 1.82) is 0 Å². The number of aromatic nitrogens is 1. The smallest absolute Gasteiger partial charge is 0.168 e. The molecule has 0 aliphatic carbocycles. The lowest BCUT2D eigenvalue weighted by atomic mass is 10.1. The number of hydrogen-bond acceptors (Lipinski definition) is 3. The van der Waals surface area contributed by atoms with Gasteiger partial charge in [-0.3, -0.25) is 0 Å². The van der Waals surface area contributed by atoms with E-state index in [0.29, 0.717) is 11.6 Å². The Kier molecular flexibility index (Phi) is 4.96. The molecule has 0 saturated heterocycles. The maximum atomic E-state index is 13.8. The Balaban J connectivity index is 2.27. The van der Waals surface area contributed by atoms with E-state index in [2.05, 4.69) is 15.6 Å². The van der Waals surface area contributed by atoms with Gasteiger partial charge in [0.2, 0.25) is 0 Å². The predicted molar refractivity (Wildman–Crippen MR) is 81.8 cm³/mol. The molecule has 1 heterocycles. The van der Waals surface area contributed by atoms with E-state index in [4.69, 9.17) is 11.6 Å². The summed E-state index contributed by atoms with van der Waals surface area (Å²) in [6.07, 6.45) is 0. The second-order valence-corrected chi connectivity index (χ2v) is 4.97. The van der Waals surface area contributed by atoms with Crippen LogP contribution in [0.25, 0.3) is 0 Å². The molecule has 2 rings (SSSR count). The first-order chi connectivity index (χ1) is 10.0. The van der Waals surface area contributed by atoms with Crippen LogP contribution in [-0.2, 0) is 0 Å². The second-order valence-electron chi connectivity index (χ2n) is 4.57. The van der Waals surface area contributed by atoms with E-state index >= 15 is 0 Å². The molecular weight excluding hydrogens is 296 g/mol. The van der Waals surface area contributed by atoms with Gasteiger partial charge in [0.25, 0.3) is 0 Å². The van der Waals surface area contributed by atoms with Crippen LogP contribution in [0.3, 0.4) is 0 Å². The van der Waals surface area contributed by atoms with Gasteiger partial charge in [-0.2, -0.15) is 0 Å². The van der Waals surface area contributed by atoms with Crippen molar-refractivity contribution in [3.63, 3.8) is 0 Å². The van der Waals surface area contributed by atoms with Gasteiger partial charge in [0, 0.05) is 17.6 Å². The Morgan fingerprint density at radius 3 is 2.52 bits per heavy atom. The molecular formula is C15H16ClF2N3. The van der Waals surface area contributed by atoms with E-state index < -0.39 is 11.6 Å². The predicted octanol–water partition coefficient (Wildman–Crippen LogP) is 4.62. The van der Waals surface area contributed by atoms with Gasteiger partial charge >= 0.3 is 0 Å². The first kappa shape index (κ1) is 15.5. The molecule has 3 nitrogen and oxygen atoms in total. The molecule has 21 heavy (non-hydrogen) atoms. The second kappa shape index (κ2) is 6.72. The highest BCUT2D eigenvalue weighted by molar-refractivity contribution is 6.31. The van der Waals surface area contributed by atoms with E-state index in [1.54, 1.807) is 6.07 Å². The maximum absolute atomic E-state index is 13.8. The zero-order chi connectivity index (χ0) is 15.4. The Labute approximate surface area is 127 Å². The normalized spacial score (nSPS) is 12.0. The summed E-state index contributed by atoms with van der Waals surface area (Å²) in [7, 11) is 0. The van der Waals surface area contributed by atoms with Crippen molar-refractivity contribution in [2.45, 2.75) is 19.9 Å². The fourth-order valence-electron chi connectivity index (χ4n) is 1.97. The summed E-state index contributed by atoms with van der Waals surface area (Å²) >= 11 is 6.10. The first-order valence-electron chi connectivity index (χ1n) is 6.63. The lowest BCUT2D eigenvalue weighted by molar-refractivity contribution is 0.576. The van der Waals surface area contributed by atoms with Crippen molar-refractivity contribution in [3.8, 4) is 0 Å². The molecule has 1 aromatic heterocycles. The van der Waals surface area contributed by atoms with Crippen LogP contribution in [0.4, 0.5) is 20.4 Å². The lowest BCUT2D eigenvalue weighted by Gasteiger charge is -2.17. The number of nitrogens with zero attached hydrogens (tertiary/aromatic N) is 1. The van der Waals surface area contributed by atoms with E-state index in [9.17, 15) is 8.78 Å². The number of pyridine rings is 1. The Bertz CT molecular complexity index is 634. The molecule has 1 unspecified atom stereocenters. The Morgan fingerprint density at radius 2 is 1.86 bits per heavy atom. The average Bonchev–Trinajstić information content (AvgIpc) is 2.44. The lowest BCUT2D eigenvalue weighted by Crippen LogP contribution is -2.12. The average molecular weight is 312 g/mol. The third-order valence-electron chi connectivity index (χ3n) is 3.00. The summed E-state index contributed by atoms with van der Waals surface area (Å²) in [5, 5.41) is 6.24. The van der Waals surface area contributed by atoms with Gasteiger partial charge in [0.05, 0.1) is 6.04 Å². The monoisotopic (exact) mass is 311 g/mol. The van der Waals surface area contributed by atoms with Crippen LogP contribution in [0.1, 0.15) is 25.5 Å². The highest BCUT2D eigenvalue weighted by Crippen LogP contribution is 2.27. The van der Waals surface area contributed by atoms with Gasteiger partial charge in [-0.15, -0.1) is 0 Å². The summed E-state index contributed by atoms with van der Waals surface area (Å²) in [5.41, 5.74) is 0.815. The number of benzene rings is 1. The molecule has 0 saturated carbocycles. The summed E-state index contributed by atoms with van der Waals surface area (Å²) in [5.74, 6) is -1.45. The van der Waals surface area contributed by atoms with Gasteiger partial charge in [-0.05, 0) is 25.5 Å². The minimum absolute atomic E-state index is 0.0141. The molecule has 1 aromatic carbocycles. The molecule has 6 heteroatoms. The molecule has 0 fully saturated rings. The van der Waals surface area contributed by atoms with Crippen LogP contribution >= 0.6 is 11.6 Å².